The quantitative estimate of drug-likeness (QED) is 0.0659. The average Bonchev–Trinajstić information content (AvgIpc) is 3.47. The van der Waals surface area contributed by atoms with Crippen LogP contribution in [-0.4, -0.2) is 27.0 Å². The molecule has 2 amide bonds. The van der Waals surface area contributed by atoms with E-state index < -0.39 is 0 Å². The van der Waals surface area contributed by atoms with Crippen molar-refractivity contribution in [2.75, 3.05) is 10.6 Å². The van der Waals surface area contributed by atoms with Crippen LogP contribution in [-0.2, 0) is 9.59 Å². The van der Waals surface area contributed by atoms with Gasteiger partial charge in [0.15, 0.2) is 0 Å². The van der Waals surface area contributed by atoms with Gasteiger partial charge in [-0.05, 0) is 12.8 Å². The number of hydrogen-bond acceptors (Lipinski definition) is 4. The molecule has 0 bridgehead atoms. The van der Waals surface area contributed by atoms with Gasteiger partial charge in [-0.1, -0.05) is 194 Å². The molecule has 1 aromatic heterocycles. The zero-order valence-corrected chi connectivity index (χ0v) is 29.8. The van der Waals surface area contributed by atoms with Gasteiger partial charge in [-0.2, -0.15) is 4.98 Å². The predicted octanol–water partition coefficient (Wildman–Crippen LogP) is 12.2. The van der Waals surface area contributed by atoms with Gasteiger partial charge in [-0.15, -0.1) is 5.10 Å². The summed E-state index contributed by atoms with van der Waals surface area (Å²) in [6.45, 7) is 4.55. The van der Waals surface area contributed by atoms with E-state index in [1.807, 2.05) is 0 Å². The van der Waals surface area contributed by atoms with Gasteiger partial charge in [-0.25, -0.2) is 5.10 Å². The van der Waals surface area contributed by atoms with Crippen molar-refractivity contribution in [2.45, 2.75) is 219 Å². The van der Waals surface area contributed by atoms with Gasteiger partial charge in [0.25, 0.3) is 0 Å². The highest BCUT2D eigenvalue weighted by atomic mass is 16.2. The molecule has 0 radical (unpaired) electrons. The molecule has 0 fully saturated rings. The number of nitrogens with one attached hydrogen (secondary N) is 3. The molecule has 0 aliphatic heterocycles. The SMILES string of the molecule is CCCCCCCCCCCCCCCCCC(=O)Nc1n[nH]c(NC(=O)CCCCCCCCCCCCCCCCC)n1. The van der Waals surface area contributed by atoms with E-state index in [0.29, 0.717) is 18.8 Å². The van der Waals surface area contributed by atoms with Crippen LogP contribution in [0.5, 0.6) is 0 Å². The molecule has 0 aliphatic carbocycles. The van der Waals surface area contributed by atoms with Gasteiger partial charge >= 0.3 is 0 Å². The first-order valence-electron chi connectivity index (χ1n) is 19.7. The van der Waals surface area contributed by atoms with Crippen LogP contribution in [0.15, 0.2) is 0 Å². The molecule has 7 nitrogen and oxygen atoms in total. The van der Waals surface area contributed by atoms with Crippen molar-refractivity contribution in [3.05, 3.63) is 0 Å². The summed E-state index contributed by atoms with van der Waals surface area (Å²) < 4.78 is 0. The Balaban J connectivity index is 1.90. The van der Waals surface area contributed by atoms with Crippen molar-refractivity contribution < 1.29 is 9.59 Å². The maximum Gasteiger partial charge on any atom is 0.250 e. The molecule has 0 aliphatic rings. The number of aromatic amines is 1. The fraction of sp³-hybridized carbons (Fsp3) is 0.895. The minimum atomic E-state index is -0.0700. The highest BCUT2D eigenvalue weighted by Gasteiger charge is 2.10. The summed E-state index contributed by atoms with van der Waals surface area (Å²) in [6.07, 6.45) is 40.3. The number of H-pyrrole nitrogens is 1. The first-order chi connectivity index (χ1) is 22.2. The Morgan fingerprint density at radius 3 is 1.07 bits per heavy atom. The van der Waals surface area contributed by atoms with Gasteiger partial charge in [0.1, 0.15) is 0 Å². The van der Waals surface area contributed by atoms with E-state index >= 15 is 0 Å². The molecule has 3 N–H and O–H groups in total. The largest absolute Gasteiger partial charge is 0.295 e. The zero-order valence-electron chi connectivity index (χ0n) is 29.8. The number of anilines is 2. The maximum atomic E-state index is 12.3. The topological polar surface area (TPSA) is 99.8 Å². The third-order valence-corrected chi connectivity index (χ3v) is 9.01. The Labute approximate surface area is 278 Å². The van der Waals surface area contributed by atoms with Gasteiger partial charge in [0.05, 0.1) is 0 Å². The lowest BCUT2D eigenvalue weighted by molar-refractivity contribution is -0.117. The summed E-state index contributed by atoms with van der Waals surface area (Å²) in [5.74, 6) is 0.391. The molecule has 1 heterocycles. The Hall–Kier alpha value is -1.92. The minimum absolute atomic E-state index is 0.0588. The Morgan fingerprint density at radius 2 is 0.733 bits per heavy atom. The molecule has 0 saturated carbocycles. The van der Waals surface area contributed by atoms with Crippen LogP contribution >= 0.6 is 0 Å². The van der Waals surface area contributed by atoms with E-state index in [4.69, 9.17) is 0 Å². The summed E-state index contributed by atoms with van der Waals surface area (Å²) in [5.41, 5.74) is 0. The lowest BCUT2D eigenvalue weighted by Crippen LogP contribution is -2.13. The first kappa shape index (κ1) is 41.1. The molecular weight excluding hydrogens is 558 g/mol. The van der Waals surface area contributed by atoms with Crippen LogP contribution in [0.1, 0.15) is 219 Å². The van der Waals surface area contributed by atoms with Crippen LogP contribution < -0.4 is 10.6 Å². The van der Waals surface area contributed by atoms with Crippen LogP contribution in [0.25, 0.3) is 0 Å². The molecule has 262 valence electrons. The molecule has 0 aromatic carbocycles. The Kier molecular flexibility index (Phi) is 29.3. The lowest BCUT2D eigenvalue weighted by Gasteiger charge is -2.04. The zero-order chi connectivity index (χ0) is 32.5. The van der Waals surface area contributed by atoms with E-state index in [1.165, 1.54) is 167 Å². The second-order valence-corrected chi connectivity index (χ2v) is 13.5. The summed E-state index contributed by atoms with van der Waals surface area (Å²) in [4.78, 5) is 28.7. The van der Waals surface area contributed by atoms with E-state index in [0.717, 1.165) is 25.7 Å². The smallest absolute Gasteiger partial charge is 0.250 e. The summed E-state index contributed by atoms with van der Waals surface area (Å²) in [5, 5.41) is 12.2. The number of rotatable bonds is 34. The fourth-order valence-corrected chi connectivity index (χ4v) is 6.07. The Morgan fingerprint density at radius 1 is 0.444 bits per heavy atom. The van der Waals surface area contributed by atoms with E-state index in [9.17, 15) is 9.59 Å². The molecule has 0 spiro atoms. The summed E-state index contributed by atoms with van der Waals surface area (Å²) in [6, 6.07) is 0. The summed E-state index contributed by atoms with van der Waals surface area (Å²) in [7, 11) is 0. The standard InChI is InChI=1S/C38H73N5O2/c1-3-5-7-9-11-13-15-17-19-21-23-25-27-29-31-33-35(44)39-37-41-38(43-42-37)40-36(45)34-32-30-28-26-24-22-20-18-16-14-12-10-8-6-4-2/h3-34H2,1-2H3,(H3,39,40,41,42,43,44,45). The number of hydrogen-bond donors (Lipinski definition) is 3. The van der Waals surface area contributed by atoms with Crippen LogP contribution in [0.4, 0.5) is 11.9 Å². The van der Waals surface area contributed by atoms with Crippen LogP contribution in [0.2, 0.25) is 0 Å². The van der Waals surface area contributed by atoms with E-state index in [2.05, 4.69) is 39.7 Å². The van der Waals surface area contributed by atoms with Crippen LogP contribution in [0, 0.1) is 0 Å². The van der Waals surface area contributed by atoms with Gasteiger partial charge in [0.2, 0.25) is 23.7 Å². The summed E-state index contributed by atoms with van der Waals surface area (Å²) >= 11 is 0. The number of carbonyl (C=O) groups is 2. The van der Waals surface area contributed by atoms with Gasteiger partial charge in [0, 0.05) is 12.8 Å². The second-order valence-electron chi connectivity index (χ2n) is 13.5. The van der Waals surface area contributed by atoms with E-state index in [-0.39, 0.29) is 17.8 Å². The van der Waals surface area contributed by atoms with Crippen molar-refractivity contribution in [3.63, 3.8) is 0 Å². The van der Waals surface area contributed by atoms with E-state index in [1.54, 1.807) is 0 Å². The number of carbonyl (C=O) groups excluding carboxylic acids is 2. The molecule has 7 heteroatoms. The highest BCUT2D eigenvalue weighted by Crippen LogP contribution is 2.16. The molecule has 0 atom stereocenters. The Bertz CT molecular complexity index is 734. The van der Waals surface area contributed by atoms with Crippen molar-refractivity contribution in [1.82, 2.24) is 15.2 Å². The molecule has 0 unspecified atom stereocenters. The number of unbranched alkanes of at least 4 members (excludes halogenated alkanes) is 28. The lowest BCUT2D eigenvalue weighted by atomic mass is 10.0. The highest BCUT2D eigenvalue weighted by molar-refractivity contribution is 5.90. The molecular formula is C38H73N5O2. The molecule has 1 aromatic rings. The third-order valence-electron chi connectivity index (χ3n) is 9.01. The number of aromatic nitrogens is 3. The molecule has 45 heavy (non-hydrogen) atoms. The average molecular weight is 632 g/mol. The van der Waals surface area contributed by atoms with Crippen molar-refractivity contribution in [1.29, 1.82) is 0 Å². The third kappa shape index (κ3) is 28.1. The molecule has 0 saturated heterocycles. The van der Waals surface area contributed by atoms with Crippen molar-refractivity contribution >= 4 is 23.7 Å². The van der Waals surface area contributed by atoms with Gasteiger partial charge in [-0.3, -0.25) is 20.2 Å². The van der Waals surface area contributed by atoms with Crippen molar-refractivity contribution in [2.24, 2.45) is 0 Å². The minimum Gasteiger partial charge on any atom is -0.295 e. The monoisotopic (exact) mass is 632 g/mol. The van der Waals surface area contributed by atoms with Gasteiger partial charge < -0.3 is 0 Å². The first-order valence-corrected chi connectivity index (χ1v) is 19.7. The maximum absolute atomic E-state index is 12.3. The second kappa shape index (κ2) is 32.0. The normalized spacial score (nSPS) is 11.2. The number of nitrogens with zero attached hydrogens (tertiary/aromatic N) is 2. The predicted molar refractivity (Wildman–Crippen MR) is 193 cm³/mol. The number of amides is 2. The van der Waals surface area contributed by atoms with Crippen LogP contribution in [0.3, 0.4) is 0 Å². The fourth-order valence-electron chi connectivity index (χ4n) is 6.07. The molecule has 1 rings (SSSR count). The van der Waals surface area contributed by atoms with Crippen molar-refractivity contribution in [3.8, 4) is 0 Å².